The van der Waals surface area contributed by atoms with E-state index in [0.717, 1.165) is 6.42 Å². The van der Waals surface area contributed by atoms with E-state index in [2.05, 4.69) is 10.3 Å². The van der Waals surface area contributed by atoms with Gasteiger partial charge in [0, 0.05) is 18.2 Å². The van der Waals surface area contributed by atoms with Crippen LogP contribution in [0.2, 0.25) is 10.0 Å². The van der Waals surface area contributed by atoms with Gasteiger partial charge in [0.15, 0.2) is 0 Å². The van der Waals surface area contributed by atoms with E-state index in [1.54, 1.807) is 29.2 Å². The number of pyridine rings is 1. The van der Waals surface area contributed by atoms with E-state index in [1.807, 2.05) is 0 Å². The molecule has 6 nitrogen and oxygen atoms in total. The topological polar surface area (TPSA) is 71.5 Å². The van der Waals surface area contributed by atoms with E-state index < -0.39 is 6.04 Å². The van der Waals surface area contributed by atoms with Gasteiger partial charge < -0.3 is 15.0 Å². The van der Waals surface area contributed by atoms with Crippen molar-refractivity contribution in [1.82, 2.24) is 9.88 Å². The lowest BCUT2D eigenvalue weighted by Gasteiger charge is -2.24. The van der Waals surface area contributed by atoms with Crippen molar-refractivity contribution in [3.05, 3.63) is 52.1 Å². The highest BCUT2D eigenvalue weighted by Gasteiger charge is 2.34. The third-order valence-electron chi connectivity index (χ3n) is 4.20. The first-order valence-electron chi connectivity index (χ1n) is 8.06. The number of amides is 2. The van der Waals surface area contributed by atoms with Crippen molar-refractivity contribution < 1.29 is 14.3 Å². The van der Waals surface area contributed by atoms with Crippen molar-refractivity contribution in [2.75, 3.05) is 19.0 Å². The van der Waals surface area contributed by atoms with Crippen LogP contribution in [-0.2, 0) is 4.79 Å². The zero-order valence-corrected chi connectivity index (χ0v) is 15.5. The van der Waals surface area contributed by atoms with Gasteiger partial charge in [-0.3, -0.25) is 9.59 Å². The van der Waals surface area contributed by atoms with E-state index in [0.29, 0.717) is 40.1 Å². The number of likely N-dealkylation sites (tertiary alicyclic amines) is 1. The minimum absolute atomic E-state index is 0.242. The van der Waals surface area contributed by atoms with Gasteiger partial charge in [0.05, 0.1) is 29.0 Å². The molecule has 2 heterocycles. The molecule has 1 aliphatic rings. The van der Waals surface area contributed by atoms with E-state index >= 15 is 0 Å². The second-order valence-electron chi connectivity index (χ2n) is 5.86. The largest absolute Gasteiger partial charge is 0.481 e. The molecule has 0 aliphatic carbocycles. The molecular formula is C18H17Cl2N3O3. The van der Waals surface area contributed by atoms with Crippen molar-refractivity contribution >= 4 is 40.7 Å². The number of aromatic nitrogens is 1. The van der Waals surface area contributed by atoms with Crippen molar-refractivity contribution in [2.45, 2.75) is 18.9 Å². The molecule has 2 aromatic rings. The summed E-state index contributed by atoms with van der Waals surface area (Å²) in [5.41, 5.74) is 0.954. The Hall–Kier alpha value is -2.31. The molecule has 0 saturated carbocycles. The minimum Gasteiger partial charge on any atom is -0.481 e. The first-order chi connectivity index (χ1) is 12.5. The maximum Gasteiger partial charge on any atom is 0.254 e. The van der Waals surface area contributed by atoms with Gasteiger partial charge in [0.1, 0.15) is 6.04 Å². The molecule has 1 fully saturated rings. The molecule has 1 saturated heterocycles. The normalized spacial score (nSPS) is 16.4. The highest BCUT2D eigenvalue weighted by molar-refractivity contribution is 6.42. The number of nitrogens with zero attached hydrogens (tertiary/aromatic N) is 2. The molecule has 136 valence electrons. The van der Waals surface area contributed by atoms with Crippen LogP contribution in [0.1, 0.15) is 23.2 Å². The van der Waals surface area contributed by atoms with Crippen molar-refractivity contribution in [1.29, 1.82) is 0 Å². The summed E-state index contributed by atoms with van der Waals surface area (Å²) in [6, 6.07) is 7.52. The number of nitrogens with one attached hydrogen (secondary N) is 1. The predicted molar refractivity (Wildman–Crippen MR) is 99.9 cm³/mol. The molecule has 8 heteroatoms. The van der Waals surface area contributed by atoms with Crippen molar-refractivity contribution in [3.63, 3.8) is 0 Å². The van der Waals surface area contributed by atoms with Gasteiger partial charge in [-0.2, -0.15) is 0 Å². The molecule has 0 bridgehead atoms. The smallest absolute Gasteiger partial charge is 0.254 e. The number of carbonyl (C=O) groups excluding carboxylic acids is 2. The second-order valence-corrected chi connectivity index (χ2v) is 6.68. The Labute approximate surface area is 161 Å². The predicted octanol–water partition coefficient (Wildman–Crippen LogP) is 3.64. The Balaban J connectivity index is 1.72. The molecule has 2 amide bonds. The highest BCUT2D eigenvalue weighted by Crippen LogP contribution is 2.26. The zero-order valence-electron chi connectivity index (χ0n) is 14.0. The number of rotatable bonds is 4. The maximum absolute atomic E-state index is 12.8. The second kappa shape index (κ2) is 7.93. The Bertz CT molecular complexity index is 827. The summed E-state index contributed by atoms with van der Waals surface area (Å²) in [5.74, 6) is -0.0303. The van der Waals surface area contributed by atoms with Crippen LogP contribution in [0, 0.1) is 0 Å². The van der Waals surface area contributed by atoms with Crippen LogP contribution >= 0.6 is 23.2 Å². The molecule has 1 unspecified atom stereocenters. The monoisotopic (exact) mass is 393 g/mol. The van der Waals surface area contributed by atoms with Crippen LogP contribution in [-0.4, -0.2) is 41.4 Å². The quantitative estimate of drug-likeness (QED) is 0.860. The van der Waals surface area contributed by atoms with Crippen LogP contribution in [0.15, 0.2) is 36.5 Å². The average Bonchev–Trinajstić information content (AvgIpc) is 3.14. The van der Waals surface area contributed by atoms with Gasteiger partial charge in [-0.25, -0.2) is 4.98 Å². The van der Waals surface area contributed by atoms with Crippen molar-refractivity contribution in [3.8, 4) is 5.88 Å². The number of halogens is 2. The number of carbonyl (C=O) groups is 2. The van der Waals surface area contributed by atoms with Crippen LogP contribution in [0.3, 0.4) is 0 Å². The van der Waals surface area contributed by atoms with Gasteiger partial charge >= 0.3 is 0 Å². The van der Waals surface area contributed by atoms with E-state index in [9.17, 15) is 9.59 Å². The lowest BCUT2D eigenvalue weighted by atomic mass is 10.1. The highest BCUT2D eigenvalue weighted by atomic mass is 35.5. The van der Waals surface area contributed by atoms with Gasteiger partial charge in [-0.1, -0.05) is 23.2 Å². The van der Waals surface area contributed by atoms with Crippen LogP contribution in [0.4, 0.5) is 5.69 Å². The summed E-state index contributed by atoms with van der Waals surface area (Å²) < 4.78 is 4.99. The fourth-order valence-corrected chi connectivity index (χ4v) is 3.18. The summed E-state index contributed by atoms with van der Waals surface area (Å²) >= 11 is 11.9. The Morgan fingerprint density at radius 1 is 1.23 bits per heavy atom. The van der Waals surface area contributed by atoms with Gasteiger partial charge in [-0.15, -0.1) is 0 Å². The van der Waals surface area contributed by atoms with Gasteiger partial charge in [0.2, 0.25) is 11.8 Å². The molecule has 26 heavy (non-hydrogen) atoms. The van der Waals surface area contributed by atoms with Crippen LogP contribution in [0.25, 0.3) is 0 Å². The fourth-order valence-electron chi connectivity index (χ4n) is 2.88. The SMILES string of the molecule is COc1ccc(NC(=O)C2CCCN2C(=O)c2ccc(Cl)c(Cl)c2)cn1. The summed E-state index contributed by atoms with van der Waals surface area (Å²) in [7, 11) is 1.52. The summed E-state index contributed by atoms with van der Waals surface area (Å²) in [6.45, 7) is 0.512. The average molecular weight is 394 g/mol. The zero-order chi connectivity index (χ0) is 18.7. The van der Waals surface area contributed by atoms with E-state index in [4.69, 9.17) is 27.9 Å². The number of methoxy groups -OCH3 is 1. The first-order valence-corrected chi connectivity index (χ1v) is 8.82. The summed E-state index contributed by atoms with van der Waals surface area (Å²) in [5, 5.41) is 3.48. The number of ether oxygens (including phenoxy) is 1. The molecule has 0 spiro atoms. The molecule has 3 rings (SSSR count). The maximum atomic E-state index is 12.8. The summed E-state index contributed by atoms with van der Waals surface area (Å²) in [4.78, 5) is 31.0. The standard InChI is InChI=1S/C18H17Cl2N3O3/c1-26-16-7-5-12(10-21-16)22-17(24)15-3-2-8-23(15)18(25)11-4-6-13(19)14(20)9-11/h4-7,9-10,15H,2-3,8H2,1H3,(H,22,24). The third kappa shape index (κ3) is 3.92. The number of hydrogen-bond donors (Lipinski definition) is 1. The van der Waals surface area contributed by atoms with Crippen molar-refractivity contribution in [2.24, 2.45) is 0 Å². The third-order valence-corrected chi connectivity index (χ3v) is 4.93. The molecule has 1 aromatic heterocycles. The Kier molecular flexibility index (Phi) is 5.64. The Morgan fingerprint density at radius 3 is 2.69 bits per heavy atom. The molecule has 1 aromatic carbocycles. The van der Waals surface area contributed by atoms with Crippen LogP contribution < -0.4 is 10.1 Å². The van der Waals surface area contributed by atoms with Gasteiger partial charge in [0.25, 0.3) is 5.91 Å². The van der Waals surface area contributed by atoms with E-state index in [1.165, 1.54) is 19.4 Å². The Morgan fingerprint density at radius 2 is 2.04 bits per heavy atom. The fraction of sp³-hybridized carbons (Fsp3) is 0.278. The number of anilines is 1. The molecule has 1 atom stereocenters. The lowest BCUT2D eigenvalue weighted by Crippen LogP contribution is -2.43. The molecule has 1 aliphatic heterocycles. The van der Waals surface area contributed by atoms with Gasteiger partial charge in [-0.05, 0) is 37.1 Å². The lowest BCUT2D eigenvalue weighted by molar-refractivity contribution is -0.119. The van der Waals surface area contributed by atoms with E-state index in [-0.39, 0.29) is 11.8 Å². The molecule has 0 radical (unpaired) electrons. The molecule has 1 N–H and O–H groups in total. The first kappa shape index (κ1) is 18.5. The number of benzene rings is 1. The van der Waals surface area contributed by atoms with Crippen LogP contribution in [0.5, 0.6) is 5.88 Å². The summed E-state index contributed by atoms with van der Waals surface area (Å²) in [6.07, 6.45) is 2.87. The minimum atomic E-state index is -0.543. The molecular weight excluding hydrogens is 377 g/mol. The number of hydrogen-bond acceptors (Lipinski definition) is 4.